The summed E-state index contributed by atoms with van der Waals surface area (Å²) in [6.07, 6.45) is 2.07. The van der Waals surface area contributed by atoms with Crippen LogP contribution in [0.2, 0.25) is 0 Å². The monoisotopic (exact) mass is 719 g/mol. The highest BCUT2D eigenvalue weighted by molar-refractivity contribution is 8.00. The average molecular weight is 720 g/mol. The Kier molecular flexibility index (Phi) is 12.8. The highest BCUT2D eigenvalue weighted by atomic mass is 32.2. The minimum Gasteiger partial charge on any atom is -0.497 e. The van der Waals surface area contributed by atoms with Crippen LogP contribution in [-0.2, 0) is 14.3 Å². The summed E-state index contributed by atoms with van der Waals surface area (Å²) in [4.78, 5) is 54.1. The predicted molar refractivity (Wildman–Crippen MR) is 204 cm³/mol. The van der Waals surface area contributed by atoms with Gasteiger partial charge in [0, 0.05) is 27.1 Å². The van der Waals surface area contributed by atoms with Crippen molar-refractivity contribution in [3.63, 3.8) is 0 Å². The SMILES string of the molecule is CCOC(=O)c1c(-c2ccccc2)csc1NC(=O)C(CC)Sc1cccc(NC(=O)/C(=C/c2cccc(OC)c2)NC(=O)c2ccccc2)c1. The summed E-state index contributed by atoms with van der Waals surface area (Å²) in [5.74, 6) is -1.14. The zero-order valence-corrected chi connectivity index (χ0v) is 29.9. The first-order valence-corrected chi connectivity index (χ1v) is 18.0. The molecule has 0 bridgehead atoms. The summed E-state index contributed by atoms with van der Waals surface area (Å²) < 4.78 is 10.7. The molecule has 4 aromatic carbocycles. The van der Waals surface area contributed by atoms with Crippen LogP contribution in [0.5, 0.6) is 5.75 Å². The Morgan fingerprint density at radius 2 is 1.57 bits per heavy atom. The van der Waals surface area contributed by atoms with Crippen LogP contribution in [0.3, 0.4) is 0 Å². The van der Waals surface area contributed by atoms with Gasteiger partial charge in [-0.3, -0.25) is 14.4 Å². The van der Waals surface area contributed by atoms with Gasteiger partial charge < -0.3 is 25.4 Å². The largest absolute Gasteiger partial charge is 0.497 e. The van der Waals surface area contributed by atoms with Gasteiger partial charge >= 0.3 is 5.97 Å². The molecule has 3 N–H and O–H groups in total. The second kappa shape index (κ2) is 17.8. The van der Waals surface area contributed by atoms with Crippen molar-refractivity contribution in [3.05, 3.63) is 137 Å². The number of nitrogens with one attached hydrogen (secondary N) is 3. The van der Waals surface area contributed by atoms with Gasteiger partial charge in [0.1, 0.15) is 22.0 Å². The number of amides is 3. The molecule has 0 saturated carbocycles. The Hall–Kier alpha value is -5.65. The molecule has 0 saturated heterocycles. The lowest BCUT2D eigenvalue weighted by molar-refractivity contribution is -0.116. The van der Waals surface area contributed by atoms with Crippen LogP contribution in [0.1, 0.15) is 46.5 Å². The molecular formula is C40H37N3O6S2. The van der Waals surface area contributed by atoms with E-state index in [2.05, 4.69) is 16.0 Å². The number of hydrogen-bond donors (Lipinski definition) is 3. The molecule has 1 unspecified atom stereocenters. The molecule has 5 rings (SSSR count). The van der Waals surface area contributed by atoms with Crippen LogP contribution in [0.4, 0.5) is 10.7 Å². The zero-order valence-electron chi connectivity index (χ0n) is 28.3. The van der Waals surface area contributed by atoms with Crippen LogP contribution < -0.4 is 20.7 Å². The van der Waals surface area contributed by atoms with E-state index in [0.29, 0.717) is 45.1 Å². The summed E-state index contributed by atoms with van der Waals surface area (Å²) in [6.45, 7) is 3.85. The smallest absolute Gasteiger partial charge is 0.341 e. The van der Waals surface area contributed by atoms with Crippen molar-refractivity contribution in [2.45, 2.75) is 30.4 Å². The molecule has 1 aromatic heterocycles. The van der Waals surface area contributed by atoms with Crippen molar-refractivity contribution in [2.75, 3.05) is 24.4 Å². The van der Waals surface area contributed by atoms with E-state index in [-0.39, 0.29) is 18.2 Å². The Bertz CT molecular complexity index is 2030. The summed E-state index contributed by atoms with van der Waals surface area (Å²) in [7, 11) is 1.55. The summed E-state index contributed by atoms with van der Waals surface area (Å²) >= 11 is 2.61. The van der Waals surface area contributed by atoms with Crippen molar-refractivity contribution in [3.8, 4) is 16.9 Å². The number of methoxy groups -OCH3 is 1. The number of carbonyl (C=O) groups excluding carboxylic acids is 4. The number of hydrogen-bond acceptors (Lipinski definition) is 8. The van der Waals surface area contributed by atoms with Gasteiger partial charge in [0.25, 0.3) is 11.8 Å². The molecule has 1 heterocycles. The van der Waals surface area contributed by atoms with E-state index >= 15 is 0 Å². The molecule has 3 amide bonds. The lowest BCUT2D eigenvalue weighted by atomic mass is 10.0. The number of thiophene rings is 1. The number of benzene rings is 4. The van der Waals surface area contributed by atoms with Gasteiger partial charge in [-0.1, -0.05) is 73.7 Å². The van der Waals surface area contributed by atoms with Gasteiger partial charge in [-0.05, 0) is 73.0 Å². The number of esters is 1. The number of thioether (sulfide) groups is 1. The van der Waals surface area contributed by atoms with Gasteiger partial charge in [-0.25, -0.2) is 4.79 Å². The van der Waals surface area contributed by atoms with Crippen LogP contribution in [-0.4, -0.2) is 42.7 Å². The minimum absolute atomic E-state index is 0.0317. The van der Waals surface area contributed by atoms with E-state index in [4.69, 9.17) is 9.47 Å². The number of ether oxygens (including phenoxy) is 2. The molecular weight excluding hydrogens is 683 g/mol. The number of anilines is 2. The maximum atomic E-state index is 13.6. The second-order valence-corrected chi connectivity index (χ2v) is 13.2. The molecule has 1 atom stereocenters. The van der Waals surface area contributed by atoms with Crippen molar-refractivity contribution >= 4 is 63.6 Å². The van der Waals surface area contributed by atoms with Crippen LogP contribution in [0, 0.1) is 0 Å². The van der Waals surface area contributed by atoms with Gasteiger partial charge in [0.2, 0.25) is 5.91 Å². The highest BCUT2D eigenvalue weighted by Gasteiger charge is 2.26. The van der Waals surface area contributed by atoms with E-state index in [9.17, 15) is 19.2 Å². The molecule has 0 radical (unpaired) electrons. The van der Waals surface area contributed by atoms with Crippen molar-refractivity contribution < 1.29 is 28.7 Å². The molecule has 0 aliphatic heterocycles. The topological polar surface area (TPSA) is 123 Å². The molecule has 9 nitrogen and oxygen atoms in total. The van der Waals surface area contributed by atoms with Crippen molar-refractivity contribution in [2.24, 2.45) is 0 Å². The molecule has 5 aromatic rings. The third kappa shape index (κ3) is 9.74. The molecule has 0 spiro atoms. The lowest BCUT2D eigenvalue weighted by Crippen LogP contribution is -2.30. The Morgan fingerprint density at radius 1 is 0.843 bits per heavy atom. The normalized spacial score (nSPS) is 11.6. The quantitative estimate of drug-likeness (QED) is 0.0598. The Balaban J connectivity index is 1.33. The van der Waals surface area contributed by atoms with Crippen molar-refractivity contribution in [1.29, 1.82) is 0 Å². The van der Waals surface area contributed by atoms with Crippen LogP contribution in [0.25, 0.3) is 17.2 Å². The molecule has 0 aliphatic carbocycles. The van der Waals surface area contributed by atoms with E-state index in [1.807, 2.05) is 48.7 Å². The fourth-order valence-electron chi connectivity index (χ4n) is 5.05. The van der Waals surface area contributed by atoms with Gasteiger partial charge in [0.15, 0.2) is 0 Å². The van der Waals surface area contributed by atoms with Gasteiger partial charge in [-0.2, -0.15) is 0 Å². The first-order chi connectivity index (χ1) is 24.8. The zero-order chi connectivity index (χ0) is 36.2. The third-order valence-electron chi connectivity index (χ3n) is 7.56. The maximum Gasteiger partial charge on any atom is 0.341 e. The molecule has 11 heteroatoms. The first kappa shape index (κ1) is 36.6. The number of carbonyl (C=O) groups is 4. The van der Waals surface area contributed by atoms with E-state index in [0.717, 1.165) is 10.5 Å². The fraction of sp³-hybridized carbons (Fsp3) is 0.150. The van der Waals surface area contributed by atoms with E-state index in [1.165, 1.54) is 23.1 Å². The first-order valence-electron chi connectivity index (χ1n) is 16.2. The van der Waals surface area contributed by atoms with Gasteiger partial charge in [0.05, 0.1) is 19.0 Å². The van der Waals surface area contributed by atoms with E-state index in [1.54, 1.807) is 92.9 Å². The number of rotatable bonds is 14. The Labute approximate surface area is 305 Å². The second-order valence-electron chi connectivity index (χ2n) is 11.1. The summed E-state index contributed by atoms with van der Waals surface area (Å²) in [5, 5.41) is 10.3. The lowest BCUT2D eigenvalue weighted by Gasteiger charge is -2.16. The minimum atomic E-state index is -0.535. The standard InChI is InChI=1S/C40H37N3O6S2/c1-4-34(38(46)43-39-35(40(47)49-5-2)32(25-50-39)27-15-8-6-9-16-27)51-31-21-13-19-29(24-31)41-37(45)33(23-26-14-12-20-30(22-26)48-3)42-36(44)28-17-10-7-11-18-28/h6-25,34H,4-5H2,1-3H3,(H,41,45)(H,42,44)(H,43,46)/b33-23-. The highest BCUT2D eigenvalue weighted by Crippen LogP contribution is 2.37. The van der Waals surface area contributed by atoms with Crippen LogP contribution in [0.15, 0.2) is 125 Å². The molecule has 0 aliphatic rings. The van der Waals surface area contributed by atoms with Crippen LogP contribution >= 0.6 is 23.1 Å². The third-order valence-corrected chi connectivity index (χ3v) is 9.81. The van der Waals surface area contributed by atoms with Crippen molar-refractivity contribution in [1.82, 2.24) is 5.32 Å². The molecule has 260 valence electrons. The molecule has 0 fully saturated rings. The maximum absolute atomic E-state index is 13.6. The van der Waals surface area contributed by atoms with E-state index < -0.39 is 23.0 Å². The predicted octanol–water partition coefficient (Wildman–Crippen LogP) is 8.52. The summed E-state index contributed by atoms with van der Waals surface area (Å²) in [5.41, 5.74) is 3.42. The summed E-state index contributed by atoms with van der Waals surface area (Å²) in [6, 6.07) is 32.4. The molecule has 51 heavy (non-hydrogen) atoms. The Morgan fingerprint density at radius 3 is 2.27 bits per heavy atom. The fourth-order valence-corrected chi connectivity index (χ4v) is 7.02. The average Bonchev–Trinajstić information content (AvgIpc) is 3.58. The van der Waals surface area contributed by atoms with Gasteiger partial charge in [-0.15, -0.1) is 23.1 Å².